The Balaban J connectivity index is 2.34. The molecule has 80 valence electrons. The summed E-state index contributed by atoms with van der Waals surface area (Å²) in [5, 5.41) is 9.55. The first-order valence-corrected chi connectivity index (χ1v) is 6.18. The van der Waals surface area contributed by atoms with E-state index < -0.39 is 0 Å². The lowest BCUT2D eigenvalue weighted by Crippen LogP contribution is -1.90. The van der Waals surface area contributed by atoms with Crippen LogP contribution in [0.4, 0.5) is 5.13 Å². The number of hydrogen-bond acceptors (Lipinski definition) is 4. The second kappa shape index (κ2) is 4.64. The van der Waals surface area contributed by atoms with E-state index >= 15 is 0 Å². The molecule has 5 heteroatoms. The van der Waals surface area contributed by atoms with Crippen molar-refractivity contribution >= 4 is 32.4 Å². The average Bonchev–Trinajstić information content (AvgIpc) is 2.64. The first-order chi connectivity index (χ1) is 7.69. The number of rotatable bonds is 2. The van der Waals surface area contributed by atoms with E-state index in [0.29, 0.717) is 17.1 Å². The van der Waals surface area contributed by atoms with Crippen molar-refractivity contribution < 1.29 is 0 Å². The number of nitrogens with two attached hydrogens (primary N) is 1. The molecule has 3 nitrogen and oxygen atoms in total. The van der Waals surface area contributed by atoms with Gasteiger partial charge in [0.25, 0.3) is 0 Å². The molecule has 0 saturated carbocycles. The number of halogens is 1. The Kier molecular flexibility index (Phi) is 3.22. The van der Waals surface area contributed by atoms with Crippen LogP contribution >= 0.6 is 27.3 Å². The Morgan fingerprint density at radius 3 is 2.94 bits per heavy atom. The zero-order chi connectivity index (χ0) is 11.5. The van der Waals surface area contributed by atoms with Crippen molar-refractivity contribution in [2.45, 2.75) is 6.42 Å². The van der Waals surface area contributed by atoms with Gasteiger partial charge in [0.15, 0.2) is 5.13 Å². The second-order valence-corrected chi connectivity index (χ2v) is 5.32. The summed E-state index contributed by atoms with van der Waals surface area (Å²) in [4.78, 5) is 5.05. The Morgan fingerprint density at radius 2 is 2.31 bits per heavy atom. The Labute approximate surface area is 106 Å². The third-order valence-electron chi connectivity index (χ3n) is 2.12. The number of nitrogens with zero attached hydrogens (tertiary/aromatic N) is 2. The highest BCUT2D eigenvalue weighted by Gasteiger charge is 2.06. The highest BCUT2D eigenvalue weighted by molar-refractivity contribution is 9.10. The van der Waals surface area contributed by atoms with Crippen LogP contribution in [0.5, 0.6) is 0 Å². The van der Waals surface area contributed by atoms with E-state index in [4.69, 9.17) is 11.0 Å². The van der Waals surface area contributed by atoms with Gasteiger partial charge in [-0.3, -0.25) is 0 Å². The van der Waals surface area contributed by atoms with Crippen LogP contribution in [0.15, 0.2) is 28.9 Å². The molecule has 0 bridgehead atoms. The van der Waals surface area contributed by atoms with Crippen molar-refractivity contribution in [2.24, 2.45) is 0 Å². The van der Waals surface area contributed by atoms with E-state index in [1.54, 1.807) is 6.20 Å². The summed E-state index contributed by atoms with van der Waals surface area (Å²) in [6.45, 7) is 0. The quantitative estimate of drug-likeness (QED) is 0.926. The fourth-order valence-corrected chi connectivity index (χ4v) is 2.53. The lowest BCUT2D eigenvalue weighted by atomic mass is 10.1. The molecule has 1 aromatic carbocycles. The summed E-state index contributed by atoms with van der Waals surface area (Å²) in [6.07, 6.45) is 2.44. The van der Waals surface area contributed by atoms with Crippen LogP contribution in [-0.4, -0.2) is 4.98 Å². The fraction of sp³-hybridized carbons (Fsp3) is 0.0909. The van der Waals surface area contributed by atoms with Crippen molar-refractivity contribution in [3.8, 4) is 6.07 Å². The van der Waals surface area contributed by atoms with Crippen LogP contribution in [0.1, 0.15) is 16.0 Å². The summed E-state index contributed by atoms with van der Waals surface area (Å²) < 4.78 is 0.971. The Morgan fingerprint density at radius 1 is 1.50 bits per heavy atom. The third kappa shape index (κ3) is 2.40. The normalized spacial score (nSPS) is 10.0. The maximum atomic E-state index is 8.99. The van der Waals surface area contributed by atoms with Crippen LogP contribution in [0, 0.1) is 11.3 Å². The molecule has 0 fully saturated rings. The smallest absolute Gasteiger partial charge is 0.180 e. The maximum absolute atomic E-state index is 8.99. The first kappa shape index (κ1) is 11.1. The summed E-state index contributed by atoms with van der Waals surface area (Å²) in [5.41, 5.74) is 7.24. The van der Waals surface area contributed by atoms with E-state index in [2.05, 4.69) is 27.0 Å². The highest BCUT2D eigenvalue weighted by Crippen LogP contribution is 2.23. The molecule has 0 aliphatic rings. The lowest BCUT2D eigenvalue weighted by Gasteiger charge is -2.02. The number of anilines is 1. The second-order valence-electron chi connectivity index (χ2n) is 3.25. The van der Waals surface area contributed by atoms with Crippen molar-refractivity contribution in [1.29, 1.82) is 5.26 Å². The standard InChI is InChI=1S/C11H8BrN3S/c12-9-2-1-7(5-13)8(3-9)4-10-6-15-11(14)16-10/h1-3,6H,4H2,(H2,14,15). The minimum atomic E-state index is 0.559. The molecular weight excluding hydrogens is 286 g/mol. The van der Waals surface area contributed by atoms with Crippen LogP contribution in [0.3, 0.4) is 0 Å². The maximum Gasteiger partial charge on any atom is 0.180 e. The van der Waals surface area contributed by atoms with Gasteiger partial charge in [-0.25, -0.2) is 4.98 Å². The highest BCUT2D eigenvalue weighted by atomic mass is 79.9. The molecule has 2 rings (SSSR count). The van der Waals surface area contributed by atoms with Gasteiger partial charge in [-0.05, 0) is 23.8 Å². The van der Waals surface area contributed by atoms with Crippen molar-refractivity contribution in [3.63, 3.8) is 0 Å². The van der Waals surface area contributed by atoms with E-state index in [9.17, 15) is 0 Å². The molecule has 0 saturated heterocycles. The predicted molar refractivity (Wildman–Crippen MR) is 68.2 cm³/mol. The number of nitriles is 1. The van der Waals surface area contributed by atoms with Gasteiger partial charge in [0.2, 0.25) is 0 Å². The summed E-state index contributed by atoms with van der Waals surface area (Å²) in [5.74, 6) is 0. The first-order valence-electron chi connectivity index (χ1n) is 4.58. The molecule has 0 atom stereocenters. The van der Waals surface area contributed by atoms with Gasteiger partial charge in [0.05, 0.1) is 11.6 Å². The molecule has 0 amide bonds. The van der Waals surface area contributed by atoms with Crippen LogP contribution < -0.4 is 5.73 Å². The Bertz CT molecular complexity index is 557. The van der Waals surface area contributed by atoms with Gasteiger partial charge < -0.3 is 5.73 Å². The van der Waals surface area contributed by atoms with E-state index in [0.717, 1.165) is 14.9 Å². The number of nitrogen functional groups attached to an aromatic ring is 1. The molecule has 0 radical (unpaired) electrons. The van der Waals surface area contributed by atoms with Crippen LogP contribution in [-0.2, 0) is 6.42 Å². The van der Waals surface area contributed by atoms with Crippen molar-refractivity contribution in [1.82, 2.24) is 4.98 Å². The molecule has 0 aliphatic carbocycles. The van der Waals surface area contributed by atoms with E-state index in [-0.39, 0.29) is 0 Å². The predicted octanol–water partition coefficient (Wildman–Crippen LogP) is 2.95. The number of benzene rings is 1. The summed E-state index contributed by atoms with van der Waals surface area (Å²) >= 11 is 4.85. The molecule has 0 unspecified atom stereocenters. The summed E-state index contributed by atoms with van der Waals surface area (Å²) in [6, 6.07) is 7.81. The van der Waals surface area contributed by atoms with Crippen molar-refractivity contribution in [2.75, 3.05) is 5.73 Å². The molecule has 1 heterocycles. The molecular formula is C11H8BrN3S. The lowest BCUT2D eigenvalue weighted by molar-refractivity contribution is 1.20. The van der Waals surface area contributed by atoms with Crippen molar-refractivity contribution in [3.05, 3.63) is 44.9 Å². The molecule has 2 N–H and O–H groups in total. The number of hydrogen-bond donors (Lipinski definition) is 1. The van der Waals surface area contributed by atoms with Gasteiger partial charge in [0, 0.05) is 22.0 Å². The SMILES string of the molecule is N#Cc1ccc(Br)cc1Cc1cnc(N)s1. The topological polar surface area (TPSA) is 62.7 Å². The van der Waals surface area contributed by atoms with Gasteiger partial charge >= 0.3 is 0 Å². The third-order valence-corrected chi connectivity index (χ3v) is 3.44. The fourth-order valence-electron chi connectivity index (χ4n) is 1.41. The van der Waals surface area contributed by atoms with E-state index in [1.165, 1.54) is 11.3 Å². The van der Waals surface area contributed by atoms with Crippen LogP contribution in [0.25, 0.3) is 0 Å². The monoisotopic (exact) mass is 293 g/mol. The average molecular weight is 294 g/mol. The molecule has 0 aliphatic heterocycles. The molecule has 1 aromatic heterocycles. The van der Waals surface area contributed by atoms with Gasteiger partial charge in [-0.15, -0.1) is 11.3 Å². The van der Waals surface area contributed by atoms with Gasteiger partial charge in [0.1, 0.15) is 0 Å². The van der Waals surface area contributed by atoms with Crippen LogP contribution in [0.2, 0.25) is 0 Å². The minimum Gasteiger partial charge on any atom is -0.375 e. The molecule has 16 heavy (non-hydrogen) atoms. The Hall–Kier alpha value is -1.38. The van der Waals surface area contributed by atoms with E-state index in [1.807, 2.05) is 18.2 Å². The van der Waals surface area contributed by atoms with Gasteiger partial charge in [-0.1, -0.05) is 15.9 Å². The van der Waals surface area contributed by atoms with Gasteiger partial charge in [-0.2, -0.15) is 5.26 Å². The largest absolute Gasteiger partial charge is 0.375 e. The minimum absolute atomic E-state index is 0.559. The summed E-state index contributed by atoms with van der Waals surface area (Å²) in [7, 11) is 0. The number of aromatic nitrogens is 1. The molecule has 2 aromatic rings. The zero-order valence-electron chi connectivity index (χ0n) is 8.27. The number of thiazole rings is 1. The zero-order valence-corrected chi connectivity index (χ0v) is 10.7. The molecule has 0 spiro atoms.